The van der Waals surface area contributed by atoms with Crippen molar-refractivity contribution in [3.05, 3.63) is 46.9 Å². The summed E-state index contributed by atoms with van der Waals surface area (Å²) in [5.74, 6) is 1.59. The SMILES string of the molecule is CCCc1c(C)nc2ncnn2c1Nc1ccc(C)c(C)c1. The zero-order valence-electron chi connectivity index (χ0n) is 13.5. The molecule has 0 aliphatic rings. The normalized spacial score (nSPS) is 11.1. The summed E-state index contributed by atoms with van der Waals surface area (Å²) < 4.78 is 1.78. The van der Waals surface area contributed by atoms with Gasteiger partial charge in [0.1, 0.15) is 12.1 Å². The van der Waals surface area contributed by atoms with Gasteiger partial charge in [0.05, 0.1) is 0 Å². The van der Waals surface area contributed by atoms with Crippen molar-refractivity contribution in [3.8, 4) is 0 Å². The molecule has 114 valence electrons. The van der Waals surface area contributed by atoms with Crippen molar-refractivity contribution >= 4 is 17.3 Å². The predicted molar refractivity (Wildman–Crippen MR) is 88.7 cm³/mol. The molecule has 0 fully saturated rings. The van der Waals surface area contributed by atoms with Crippen molar-refractivity contribution in [2.24, 2.45) is 0 Å². The summed E-state index contributed by atoms with van der Waals surface area (Å²) in [6.45, 7) is 8.44. The maximum Gasteiger partial charge on any atom is 0.254 e. The van der Waals surface area contributed by atoms with E-state index in [2.05, 4.69) is 59.4 Å². The smallest absolute Gasteiger partial charge is 0.254 e. The van der Waals surface area contributed by atoms with Gasteiger partial charge in [0.15, 0.2) is 0 Å². The fourth-order valence-corrected chi connectivity index (χ4v) is 2.62. The number of aromatic nitrogens is 4. The zero-order valence-corrected chi connectivity index (χ0v) is 13.5. The molecule has 2 aromatic heterocycles. The molecule has 0 aliphatic carbocycles. The molecule has 0 bridgehead atoms. The highest BCUT2D eigenvalue weighted by Crippen LogP contribution is 2.25. The van der Waals surface area contributed by atoms with Crippen LogP contribution in [0.15, 0.2) is 24.5 Å². The second-order valence-corrected chi connectivity index (χ2v) is 5.67. The Morgan fingerprint density at radius 1 is 1.14 bits per heavy atom. The minimum Gasteiger partial charge on any atom is -0.340 e. The van der Waals surface area contributed by atoms with Gasteiger partial charge in [0, 0.05) is 16.9 Å². The van der Waals surface area contributed by atoms with E-state index in [1.807, 2.05) is 6.92 Å². The van der Waals surface area contributed by atoms with Gasteiger partial charge in [-0.1, -0.05) is 19.4 Å². The van der Waals surface area contributed by atoms with Crippen LogP contribution in [0.2, 0.25) is 0 Å². The molecule has 0 unspecified atom stereocenters. The van der Waals surface area contributed by atoms with E-state index < -0.39 is 0 Å². The first-order valence-corrected chi connectivity index (χ1v) is 7.63. The molecule has 3 aromatic rings. The molecule has 5 heteroatoms. The highest BCUT2D eigenvalue weighted by molar-refractivity contribution is 5.63. The van der Waals surface area contributed by atoms with Crippen LogP contribution < -0.4 is 5.32 Å². The van der Waals surface area contributed by atoms with Gasteiger partial charge in [-0.25, -0.2) is 4.98 Å². The van der Waals surface area contributed by atoms with Crippen molar-refractivity contribution in [1.29, 1.82) is 0 Å². The van der Waals surface area contributed by atoms with Crippen LogP contribution in [0.4, 0.5) is 11.5 Å². The number of aryl methyl sites for hydroxylation is 3. The fourth-order valence-electron chi connectivity index (χ4n) is 2.62. The number of nitrogens with one attached hydrogen (secondary N) is 1. The second kappa shape index (κ2) is 5.75. The first-order valence-electron chi connectivity index (χ1n) is 7.63. The first kappa shape index (κ1) is 14.5. The number of hydrogen-bond acceptors (Lipinski definition) is 4. The molecule has 0 saturated carbocycles. The van der Waals surface area contributed by atoms with Gasteiger partial charge in [-0.05, 0) is 50.5 Å². The second-order valence-electron chi connectivity index (χ2n) is 5.67. The van der Waals surface area contributed by atoms with Gasteiger partial charge in [0.2, 0.25) is 0 Å². The van der Waals surface area contributed by atoms with E-state index in [-0.39, 0.29) is 0 Å². The summed E-state index contributed by atoms with van der Waals surface area (Å²) in [5, 5.41) is 7.84. The van der Waals surface area contributed by atoms with E-state index in [1.54, 1.807) is 10.8 Å². The summed E-state index contributed by atoms with van der Waals surface area (Å²) >= 11 is 0. The maximum absolute atomic E-state index is 4.54. The van der Waals surface area contributed by atoms with E-state index in [4.69, 9.17) is 0 Å². The molecule has 22 heavy (non-hydrogen) atoms. The van der Waals surface area contributed by atoms with Crippen LogP contribution in [0, 0.1) is 20.8 Å². The van der Waals surface area contributed by atoms with Crippen molar-refractivity contribution < 1.29 is 0 Å². The quantitative estimate of drug-likeness (QED) is 0.796. The summed E-state index contributed by atoms with van der Waals surface area (Å²) in [7, 11) is 0. The molecular formula is C17H21N5. The molecular weight excluding hydrogens is 274 g/mol. The number of hydrogen-bond donors (Lipinski definition) is 1. The fraction of sp³-hybridized carbons (Fsp3) is 0.353. The Balaban J connectivity index is 2.12. The highest BCUT2D eigenvalue weighted by Gasteiger charge is 2.14. The van der Waals surface area contributed by atoms with Gasteiger partial charge < -0.3 is 5.32 Å². The van der Waals surface area contributed by atoms with Crippen molar-refractivity contribution in [3.63, 3.8) is 0 Å². The lowest BCUT2D eigenvalue weighted by Crippen LogP contribution is -2.09. The Bertz CT molecular complexity index is 819. The lowest BCUT2D eigenvalue weighted by molar-refractivity contribution is 0.856. The van der Waals surface area contributed by atoms with E-state index >= 15 is 0 Å². The Kier molecular flexibility index (Phi) is 3.79. The third-order valence-corrected chi connectivity index (χ3v) is 4.00. The van der Waals surface area contributed by atoms with E-state index in [0.29, 0.717) is 5.78 Å². The van der Waals surface area contributed by atoms with Crippen LogP contribution in [0.25, 0.3) is 5.78 Å². The van der Waals surface area contributed by atoms with Crippen molar-refractivity contribution in [2.45, 2.75) is 40.5 Å². The summed E-state index contributed by atoms with van der Waals surface area (Å²) in [6, 6.07) is 6.38. The zero-order chi connectivity index (χ0) is 15.7. The molecule has 2 heterocycles. The standard InChI is InChI=1S/C17H21N5/c1-5-6-15-13(4)20-17-18-10-19-22(17)16(15)21-14-8-7-11(2)12(3)9-14/h7-10,21H,5-6H2,1-4H3. The van der Waals surface area contributed by atoms with Crippen LogP contribution in [0.1, 0.15) is 35.7 Å². The molecule has 0 radical (unpaired) electrons. The number of fused-ring (bicyclic) bond motifs is 1. The molecule has 0 atom stereocenters. The average molecular weight is 295 g/mol. The molecule has 0 aliphatic heterocycles. The summed E-state index contributed by atoms with van der Waals surface area (Å²) in [5.41, 5.74) is 5.81. The van der Waals surface area contributed by atoms with Crippen molar-refractivity contribution in [1.82, 2.24) is 19.6 Å². The molecule has 5 nitrogen and oxygen atoms in total. The number of nitrogens with zero attached hydrogens (tertiary/aromatic N) is 4. The molecule has 0 saturated heterocycles. The molecule has 1 aromatic carbocycles. The maximum atomic E-state index is 4.54. The van der Waals surface area contributed by atoms with Gasteiger partial charge in [-0.2, -0.15) is 14.6 Å². The predicted octanol–water partition coefficient (Wildman–Crippen LogP) is 3.75. The monoisotopic (exact) mass is 295 g/mol. The van der Waals surface area contributed by atoms with E-state index in [9.17, 15) is 0 Å². The summed E-state index contributed by atoms with van der Waals surface area (Å²) in [6.07, 6.45) is 3.56. The number of benzene rings is 1. The molecule has 3 rings (SSSR count). The Labute approximate surface area is 130 Å². The molecule has 0 spiro atoms. The Morgan fingerprint density at radius 3 is 2.68 bits per heavy atom. The van der Waals surface area contributed by atoms with Crippen molar-refractivity contribution in [2.75, 3.05) is 5.32 Å². The van der Waals surface area contributed by atoms with Crippen LogP contribution in [-0.2, 0) is 6.42 Å². The highest BCUT2D eigenvalue weighted by atomic mass is 15.4. The molecule has 1 N–H and O–H groups in total. The lowest BCUT2D eigenvalue weighted by Gasteiger charge is -2.15. The molecule has 0 amide bonds. The van der Waals surface area contributed by atoms with E-state index in [1.165, 1.54) is 16.7 Å². The Morgan fingerprint density at radius 2 is 1.95 bits per heavy atom. The lowest BCUT2D eigenvalue weighted by atomic mass is 10.1. The topological polar surface area (TPSA) is 55.1 Å². The van der Waals surface area contributed by atoms with Crippen LogP contribution in [-0.4, -0.2) is 19.6 Å². The minimum atomic E-state index is 0.628. The van der Waals surface area contributed by atoms with Crippen LogP contribution in [0.5, 0.6) is 0 Å². The third kappa shape index (κ3) is 2.54. The average Bonchev–Trinajstić information content (AvgIpc) is 2.94. The number of rotatable bonds is 4. The van der Waals surface area contributed by atoms with Gasteiger partial charge in [-0.15, -0.1) is 0 Å². The first-order chi connectivity index (χ1) is 10.6. The number of anilines is 2. The van der Waals surface area contributed by atoms with Gasteiger partial charge in [0.25, 0.3) is 5.78 Å². The Hall–Kier alpha value is -2.43. The van der Waals surface area contributed by atoms with Gasteiger partial charge >= 0.3 is 0 Å². The van der Waals surface area contributed by atoms with Crippen LogP contribution in [0.3, 0.4) is 0 Å². The summed E-state index contributed by atoms with van der Waals surface area (Å²) in [4.78, 5) is 8.75. The minimum absolute atomic E-state index is 0.628. The largest absolute Gasteiger partial charge is 0.340 e. The third-order valence-electron chi connectivity index (χ3n) is 4.00. The van der Waals surface area contributed by atoms with Gasteiger partial charge in [-0.3, -0.25) is 0 Å². The van der Waals surface area contributed by atoms with Crippen LogP contribution >= 0.6 is 0 Å². The van der Waals surface area contributed by atoms with E-state index in [0.717, 1.165) is 30.0 Å².